The minimum absolute atomic E-state index is 0.0850. The number of ether oxygens (including phenoxy) is 1. The van der Waals surface area contributed by atoms with E-state index in [9.17, 15) is 9.59 Å². The van der Waals surface area contributed by atoms with Crippen LogP contribution in [0.15, 0.2) is 69.9 Å². The van der Waals surface area contributed by atoms with Crippen LogP contribution in [0.3, 0.4) is 0 Å². The Morgan fingerprint density at radius 2 is 1.82 bits per heavy atom. The lowest BCUT2D eigenvalue weighted by Crippen LogP contribution is -2.48. The Balaban J connectivity index is 1.35. The molecule has 0 unspecified atom stereocenters. The van der Waals surface area contributed by atoms with Crippen molar-refractivity contribution in [3.05, 3.63) is 87.8 Å². The smallest absolute Gasteiger partial charge is 0.339 e. The molecule has 34 heavy (non-hydrogen) atoms. The molecule has 4 rings (SSSR count). The number of hydrogen-bond acceptors (Lipinski definition) is 5. The van der Waals surface area contributed by atoms with E-state index in [-0.39, 0.29) is 11.5 Å². The minimum atomic E-state index is -0.387. The van der Waals surface area contributed by atoms with Gasteiger partial charge in [-0.25, -0.2) is 4.79 Å². The number of carbonyl (C=O) groups is 1. The summed E-state index contributed by atoms with van der Waals surface area (Å²) in [5, 5.41) is 0.860. The maximum atomic E-state index is 12.8. The Morgan fingerprint density at radius 3 is 2.53 bits per heavy atom. The number of amides is 1. The second-order valence-electron chi connectivity index (χ2n) is 9.04. The van der Waals surface area contributed by atoms with Crippen LogP contribution in [-0.2, 0) is 17.8 Å². The first-order chi connectivity index (χ1) is 16.4. The van der Waals surface area contributed by atoms with E-state index in [1.54, 1.807) is 6.07 Å². The van der Waals surface area contributed by atoms with E-state index in [1.807, 2.05) is 36.9 Å². The SMILES string of the molecule is C=C(C)COc1ccc2c(C)c(CCC(=O)N3CCN(Cc4ccccc4)CC3)c(=O)oc2c1. The number of piperazine rings is 1. The van der Waals surface area contributed by atoms with Crippen molar-refractivity contribution in [1.82, 2.24) is 9.80 Å². The van der Waals surface area contributed by atoms with Gasteiger partial charge in [0.2, 0.25) is 5.91 Å². The van der Waals surface area contributed by atoms with E-state index in [2.05, 4.69) is 35.7 Å². The quantitative estimate of drug-likeness (QED) is 0.370. The van der Waals surface area contributed by atoms with Crippen LogP contribution in [0.2, 0.25) is 0 Å². The first-order valence-electron chi connectivity index (χ1n) is 11.8. The third-order valence-electron chi connectivity index (χ3n) is 6.31. The predicted molar refractivity (Wildman–Crippen MR) is 134 cm³/mol. The third-order valence-corrected chi connectivity index (χ3v) is 6.31. The van der Waals surface area contributed by atoms with E-state index in [4.69, 9.17) is 9.15 Å². The molecule has 6 heteroatoms. The molecule has 0 spiro atoms. The molecule has 1 aliphatic heterocycles. The molecule has 0 saturated carbocycles. The van der Waals surface area contributed by atoms with Crippen molar-refractivity contribution in [1.29, 1.82) is 0 Å². The maximum absolute atomic E-state index is 12.8. The summed E-state index contributed by atoms with van der Waals surface area (Å²) >= 11 is 0. The number of nitrogens with zero attached hydrogens (tertiary/aromatic N) is 2. The van der Waals surface area contributed by atoms with Gasteiger partial charge in [-0.15, -0.1) is 0 Å². The zero-order valence-electron chi connectivity index (χ0n) is 20.0. The topological polar surface area (TPSA) is 63.0 Å². The van der Waals surface area contributed by atoms with Crippen LogP contribution in [0.25, 0.3) is 11.0 Å². The van der Waals surface area contributed by atoms with Crippen LogP contribution in [0.4, 0.5) is 0 Å². The average Bonchev–Trinajstić information content (AvgIpc) is 2.83. The van der Waals surface area contributed by atoms with Crippen LogP contribution >= 0.6 is 0 Å². The van der Waals surface area contributed by atoms with Crippen molar-refractivity contribution in [3.8, 4) is 5.75 Å². The van der Waals surface area contributed by atoms with Gasteiger partial charge in [-0.2, -0.15) is 0 Å². The van der Waals surface area contributed by atoms with Crippen LogP contribution in [-0.4, -0.2) is 48.5 Å². The lowest BCUT2D eigenvalue weighted by molar-refractivity contribution is -0.133. The van der Waals surface area contributed by atoms with Crippen LogP contribution in [0, 0.1) is 6.92 Å². The molecule has 2 aromatic carbocycles. The standard InChI is InChI=1S/C28H32N2O4/c1-20(2)19-33-23-9-10-24-21(3)25(28(32)34-26(24)17-23)11-12-27(31)30-15-13-29(14-16-30)18-22-7-5-4-6-8-22/h4-10,17H,1,11-16,18-19H2,2-3H3. The minimum Gasteiger partial charge on any atom is -0.489 e. The highest BCUT2D eigenvalue weighted by Gasteiger charge is 2.22. The molecule has 1 aliphatic rings. The Hall–Kier alpha value is -3.38. The molecule has 0 bridgehead atoms. The van der Waals surface area contributed by atoms with Crippen molar-refractivity contribution >= 4 is 16.9 Å². The molecule has 2 heterocycles. The number of benzene rings is 2. The van der Waals surface area contributed by atoms with Crippen LogP contribution in [0.5, 0.6) is 5.75 Å². The normalized spacial score (nSPS) is 14.4. The summed E-state index contributed by atoms with van der Waals surface area (Å²) in [5.74, 6) is 0.717. The van der Waals surface area contributed by atoms with Crippen molar-refractivity contribution in [3.63, 3.8) is 0 Å². The van der Waals surface area contributed by atoms with E-state index < -0.39 is 0 Å². The van der Waals surface area contributed by atoms with Gasteiger partial charge in [0.1, 0.15) is 17.9 Å². The summed E-state index contributed by atoms with van der Waals surface area (Å²) in [6.45, 7) is 12.1. The number of fused-ring (bicyclic) bond motifs is 1. The fourth-order valence-electron chi connectivity index (χ4n) is 4.35. The van der Waals surface area contributed by atoms with Gasteiger partial charge in [0, 0.05) is 56.2 Å². The molecule has 178 valence electrons. The van der Waals surface area contributed by atoms with Crippen molar-refractivity contribution < 1.29 is 13.9 Å². The molecule has 1 amide bonds. The van der Waals surface area contributed by atoms with E-state index in [0.29, 0.717) is 49.4 Å². The fourth-order valence-corrected chi connectivity index (χ4v) is 4.35. The molecule has 6 nitrogen and oxygen atoms in total. The van der Waals surface area contributed by atoms with Crippen molar-refractivity contribution in [2.24, 2.45) is 0 Å². The van der Waals surface area contributed by atoms with Gasteiger partial charge < -0.3 is 14.1 Å². The number of rotatable bonds is 8. The zero-order valence-corrected chi connectivity index (χ0v) is 20.0. The predicted octanol–water partition coefficient (Wildman–Crippen LogP) is 4.33. The first kappa shape index (κ1) is 23.8. The Morgan fingerprint density at radius 1 is 1.09 bits per heavy atom. The summed E-state index contributed by atoms with van der Waals surface area (Å²) in [6.07, 6.45) is 0.677. The fraction of sp³-hybridized carbons (Fsp3) is 0.357. The van der Waals surface area contributed by atoms with Gasteiger partial charge in [-0.1, -0.05) is 36.9 Å². The van der Waals surface area contributed by atoms with Crippen LogP contribution < -0.4 is 10.4 Å². The number of aryl methyl sites for hydroxylation is 1. The molecule has 3 aromatic rings. The van der Waals surface area contributed by atoms with Gasteiger partial charge in [-0.3, -0.25) is 9.69 Å². The molecule has 0 N–H and O–H groups in total. The summed E-state index contributed by atoms with van der Waals surface area (Å²) in [6, 6.07) is 15.9. The number of carbonyl (C=O) groups excluding carboxylic acids is 1. The highest BCUT2D eigenvalue weighted by Crippen LogP contribution is 2.25. The lowest BCUT2D eigenvalue weighted by Gasteiger charge is -2.34. The van der Waals surface area contributed by atoms with Gasteiger partial charge in [0.05, 0.1) is 0 Å². The largest absolute Gasteiger partial charge is 0.489 e. The molecule has 0 aliphatic carbocycles. The molecule has 1 fully saturated rings. The van der Waals surface area contributed by atoms with E-state index in [1.165, 1.54) is 5.56 Å². The van der Waals surface area contributed by atoms with Gasteiger partial charge >= 0.3 is 5.63 Å². The summed E-state index contributed by atoms with van der Waals surface area (Å²) in [4.78, 5) is 29.8. The summed E-state index contributed by atoms with van der Waals surface area (Å²) in [7, 11) is 0. The summed E-state index contributed by atoms with van der Waals surface area (Å²) in [5.41, 5.74) is 3.73. The van der Waals surface area contributed by atoms with Gasteiger partial charge in [0.25, 0.3) is 0 Å². The van der Waals surface area contributed by atoms with Gasteiger partial charge in [-0.05, 0) is 49.1 Å². The Labute approximate surface area is 200 Å². The van der Waals surface area contributed by atoms with E-state index >= 15 is 0 Å². The molecular weight excluding hydrogens is 428 g/mol. The van der Waals surface area contributed by atoms with Crippen molar-refractivity contribution in [2.75, 3.05) is 32.8 Å². The Kier molecular flexibility index (Phi) is 7.48. The zero-order chi connectivity index (χ0) is 24.1. The second kappa shape index (κ2) is 10.7. The molecular formula is C28H32N2O4. The average molecular weight is 461 g/mol. The highest BCUT2D eigenvalue weighted by atomic mass is 16.5. The third kappa shape index (κ3) is 5.75. The van der Waals surface area contributed by atoms with Crippen LogP contribution in [0.1, 0.15) is 30.0 Å². The summed E-state index contributed by atoms with van der Waals surface area (Å²) < 4.78 is 11.2. The van der Waals surface area contributed by atoms with E-state index in [0.717, 1.165) is 36.2 Å². The Bertz CT molecular complexity index is 1220. The molecule has 1 saturated heterocycles. The van der Waals surface area contributed by atoms with Crippen molar-refractivity contribution in [2.45, 2.75) is 33.2 Å². The maximum Gasteiger partial charge on any atom is 0.339 e. The first-order valence-corrected chi connectivity index (χ1v) is 11.8. The van der Waals surface area contributed by atoms with Gasteiger partial charge in [0.15, 0.2) is 0 Å². The highest BCUT2D eigenvalue weighted by molar-refractivity contribution is 5.83. The molecule has 0 atom stereocenters. The lowest BCUT2D eigenvalue weighted by atomic mass is 10.0. The molecule has 1 aromatic heterocycles. The second-order valence-corrected chi connectivity index (χ2v) is 9.04. The monoisotopic (exact) mass is 460 g/mol. The number of hydrogen-bond donors (Lipinski definition) is 0. The molecule has 0 radical (unpaired) electrons.